The van der Waals surface area contributed by atoms with Crippen LogP contribution in [0.5, 0.6) is 0 Å². The number of hydrogen-bond donors (Lipinski definition) is 1. The van der Waals surface area contributed by atoms with Crippen LogP contribution in [0.2, 0.25) is 0 Å². The van der Waals surface area contributed by atoms with Crippen molar-refractivity contribution in [3.8, 4) is 0 Å². The standard InChI is InChI=1S/C10H19N3O2/c1-5-6-14-7-8-12-9(15-13-8)10(2,3)11-4/h11H,5-7H2,1-4H3. The molecule has 0 amide bonds. The number of hydrogen-bond acceptors (Lipinski definition) is 5. The topological polar surface area (TPSA) is 60.2 Å². The smallest absolute Gasteiger partial charge is 0.246 e. The summed E-state index contributed by atoms with van der Waals surface area (Å²) in [5.41, 5.74) is -0.296. The molecule has 0 atom stereocenters. The molecule has 1 heterocycles. The molecule has 0 spiro atoms. The molecule has 0 fully saturated rings. The van der Waals surface area contributed by atoms with Crippen LogP contribution in [0, 0.1) is 0 Å². The molecular formula is C10H19N3O2. The minimum Gasteiger partial charge on any atom is -0.373 e. The Hall–Kier alpha value is -0.940. The van der Waals surface area contributed by atoms with E-state index < -0.39 is 0 Å². The van der Waals surface area contributed by atoms with E-state index in [1.165, 1.54) is 0 Å². The summed E-state index contributed by atoms with van der Waals surface area (Å²) in [6.07, 6.45) is 0.993. The monoisotopic (exact) mass is 213 g/mol. The fraction of sp³-hybridized carbons (Fsp3) is 0.800. The van der Waals surface area contributed by atoms with E-state index in [2.05, 4.69) is 22.4 Å². The molecular weight excluding hydrogens is 194 g/mol. The van der Waals surface area contributed by atoms with E-state index in [-0.39, 0.29) is 5.54 Å². The summed E-state index contributed by atoms with van der Waals surface area (Å²) in [6.45, 7) is 7.16. The van der Waals surface area contributed by atoms with Gasteiger partial charge in [0.05, 0.1) is 5.54 Å². The minimum atomic E-state index is -0.296. The van der Waals surface area contributed by atoms with Crippen molar-refractivity contribution in [1.29, 1.82) is 0 Å². The SMILES string of the molecule is CCCOCc1noc(C(C)(C)NC)n1. The maximum absolute atomic E-state index is 5.32. The van der Waals surface area contributed by atoms with Gasteiger partial charge in [-0.1, -0.05) is 12.1 Å². The van der Waals surface area contributed by atoms with Gasteiger partial charge in [0, 0.05) is 6.61 Å². The van der Waals surface area contributed by atoms with Gasteiger partial charge in [-0.2, -0.15) is 4.98 Å². The summed E-state index contributed by atoms with van der Waals surface area (Å²) in [4.78, 5) is 4.26. The zero-order valence-corrected chi connectivity index (χ0v) is 9.83. The van der Waals surface area contributed by atoms with Gasteiger partial charge < -0.3 is 14.6 Å². The van der Waals surface area contributed by atoms with E-state index in [1.807, 2.05) is 20.9 Å². The van der Waals surface area contributed by atoms with Crippen molar-refractivity contribution in [3.05, 3.63) is 11.7 Å². The Morgan fingerprint density at radius 3 is 2.80 bits per heavy atom. The zero-order chi connectivity index (χ0) is 11.3. The summed E-state index contributed by atoms with van der Waals surface area (Å²) < 4.78 is 10.5. The van der Waals surface area contributed by atoms with Crippen molar-refractivity contribution >= 4 is 0 Å². The van der Waals surface area contributed by atoms with E-state index in [0.717, 1.165) is 13.0 Å². The minimum absolute atomic E-state index is 0.296. The highest BCUT2D eigenvalue weighted by Gasteiger charge is 2.25. The lowest BCUT2D eigenvalue weighted by Crippen LogP contribution is -2.33. The van der Waals surface area contributed by atoms with Gasteiger partial charge in [0.1, 0.15) is 6.61 Å². The molecule has 0 saturated heterocycles. The third-order valence-electron chi connectivity index (χ3n) is 2.21. The second kappa shape index (κ2) is 5.23. The van der Waals surface area contributed by atoms with Crippen molar-refractivity contribution < 1.29 is 9.26 Å². The number of aromatic nitrogens is 2. The molecule has 0 aliphatic carbocycles. The van der Waals surface area contributed by atoms with Gasteiger partial charge in [0.15, 0.2) is 5.82 Å². The highest BCUT2D eigenvalue weighted by atomic mass is 16.5. The average molecular weight is 213 g/mol. The fourth-order valence-electron chi connectivity index (χ4n) is 0.981. The van der Waals surface area contributed by atoms with Gasteiger partial charge in [0.2, 0.25) is 5.89 Å². The molecule has 5 nitrogen and oxygen atoms in total. The van der Waals surface area contributed by atoms with Crippen molar-refractivity contribution in [2.45, 2.75) is 39.3 Å². The number of rotatable bonds is 6. The normalized spacial score (nSPS) is 12.0. The number of nitrogens with one attached hydrogen (secondary N) is 1. The third kappa shape index (κ3) is 3.28. The van der Waals surface area contributed by atoms with Gasteiger partial charge >= 0.3 is 0 Å². The van der Waals surface area contributed by atoms with Crippen LogP contribution < -0.4 is 5.32 Å². The lowest BCUT2D eigenvalue weighted by molar-refractivity contribution is 0.114. The molecule has 0 aromatic carbocycles. The summed E-state index contributed by atoms with van der Waals surface area (Å²) in [5.74, 6) is 1.18. The molecule has 1 N–H and O–H groups in total. The Kier molecular flexibility index (Phi) is 4.23. The van der Waals surface area contributed by atoms with E-state index in [0.29, 0.717) is 18.3 Å². The Balaban J connectivity index is 2.56. The Bertz CT molecular complexity index is 297. The van der Waals surface area contributed by atoms with Gasteiger partial charge in [-0.3, -0.25) is 0 Å². The predicted octanol–water partition coefficient (Wildman–Crippen LogP) is 1.45. The molecule has 0 radical (unpaired) electrons. The van der Waals surface area contributed by atoms with Crippen LogP contribution in [0.15, 0.2) is 4.52 Å². The lowest BCUT2D eigenvalue weighted by atomic mass is 10.1. The molecule has 1 aromatic rings. The summed E-state index contributed by atoms with van der Waals surface area (Å²) in [5, 5.41) is 6.95. The Morgan fingerprint density at radius 1 is 1.47 bits per heavy atom. The molecule has 86 valence electrons. The molecule has 1 aromatic heterocycles. The van der Waals surface area contributed by atoms with Crippen molar-refractivity contribution in [2.24, 2.45) is 0 Å². The van der Waals surface area contributed by atoms with E-state index in [1.54, 1.807) is 0 Å². The van der Waals surface area contributed by atoms with Crippen LogP contribution in [0.25, 0.3) is 0 Å². The first-order chi connectivity index (χ1) is 7.10. The molecule has 5 heteroatoms. The molecule has 0 saturated carbocycles. The maximum Gasteiger partial charge on any atom is 0.246 e. The highest BCUT2D eigenvalue weighted by Crippen LogP contribution is 2.16. The van der Waals surface area contributed by atoms with E-state index in [4.69, 9.17) is 9.26 Å². The van der Waals surface area contributed by atoms with Crippen molar-refractivity contribution in [3.63, 3.8) is 0 Å². The van der Waals surface area contributed by atoms with Gasteiger partial charge in [0.25, 0.3) is 0 Å². The third-order valence-corrected chi connectivity index (χ3v) is 2.21. The van der Waals surface area contributed by atoms with Gasteiger partial charge in [-0.05, 0) is 27.3 Å². The predicted molar refractivity (Wildman–Crippen MR) is 56.3 cm³/mol. The fourth-order valence-corrected chi connectivity index (χ4v) is 0.981. The Labute approximate surface area is 90.2 Å². The van der Waals surface area contributed by atoms with Gasteiger partial charge in [-0.15, -0.1) is 0 Å². The van der Waals surface area contributed by atoms with Crippen LogP contribution in [-0.2, 0) is 16.9 Å². The molecule has 15 heavy (non-hydrogen) atoms. The van der Waals surface area contributed by atoms with Crippen LogP contribution in [0.1, 0.15) is 38.9 Å². The molecule has 0 unspecified atom stereocenters. The second-order valence-corrected chi connectivity index (χ2v) is 3.94. The summed E-state index contributed by atoms with van der Waals surface area (Å²) in [6, 6.07) is 0. The van der Waals surface area contributed by atoms with E-state index in [9.17, 15) is 0 Å². The van der Waals surface area contributed by atoms with Crippen molar-refractivity contribution in [1.82, 2.24) is 15.5 Å². The molecule has 0 aliphatic rings. The molecule has 1 rings (SSSR count). The number of nitrogens with zero attached hydrogens (tertiary/aromatic N) is 2. The van der Waals surface area contributed by atoms with E-state index >= 15 is 0 Å². The largest absolute Gasteiger partial charge is 0.373 e. The summed E-state index contributed by atoms with van der Waals surface area (Å²) in [7, 11) is 1.86. The first kappa shape index (κ1) is 12.1. The first-order valence-corrected chi connectivity index (χ1v) is 5.20. The van der Waals surface area contributed by atoms with Crippen LogP contribution in [-0.4, -0.2) is 23.8 Å². The van der Waals surface area contributed by atoms with Gasteiger partial charge in [-0.25, -0.2) is 0 Å². The van der Waals surface area contributed by atoms with Crippen molar-refractivity contribution in [2.75, 3.05) is 13.7 Å². The average Bonchev–Trinajstić information content (AvgIpc) is 2.68. The second-order valence-electron chi connectivity index (χ2n) is 3.94. The maximum atomic E-state index is 5.32. The first-order valence-electron chi connectivity index (χ1n) is 5.20. The molecule has 0 bridgehead atoms. The number of ether oxygens (including phenoxy) is 1. The Morgan fingerprint density at radius 2 is 2.20 bits per heavy atom. The van der Waals surface area contributed by atoms with Crippen LogP contribution in [0.3, 0.4) is 0 Å². The summed E-state index contributed by atoms with van der Waals surface area (Å²) >= 11 is 0. The van der Waals surface area contributed by atoms with Crippen LogP contribution in [0.4, 0.5) is 0 Å². The van der Waals surface area contributed by atoms with Crippen LogP contribution >= 0.6 is 0 Å². The highest BCUT2D eigenvalue weighted by molar-refractivity contribution is 4.98. The lowest BCUT2D eigenvalue weighted by Gasteiger charge is -2.17. The molecule has 0 aliphatic heterocycles. The zero-order valence-electron chi connectivity index (χ0n) is 9.83. The quantitative estimate of drug-likeness (QED) is 0.725.